The first-order chi connectivity index (χ1) is 27.3. The lowest BCUT2D eigenvalue weighted by molar-refractivity contribution is -0.133. The summed E-state index contributed by atoms with van der Waals surface area (Å²) in [5, 5.41) is 15.5. The Morgan fingerprint density at radius 1 is 0.649 bits per heavy atom. The van der Waals surface area contributed by atoms with E-state index in [1.807, 2.05) is 73.0 Å². The molecule has 2 aliphatic rings. The van der Waals surface area contributed by atoms with E-state index in [4.69, 9.17) is 55.9 Å². The van der Waals surface area contributed by atoms with Gasteiger partial charge in [0.2, 0.25) is 11.8 Å². The Kier molecular flexibility index (Phi) is 14.1. The van der Waals surface area contributed by atoms with Gasteiger partial charge in [-0.25, -0.2) is 4.68 Å². The highest BCUT2D eigenvalue weighted by molar-refractivity contribution is 14.1. The minimum atomic E-state index is 0.0128. The summed E-state index contributed by atoms with van der Waals surface area (Å²) in [6.45, 7) is 11.5. The van der Waals surface area contributed by atoms with Crippen molar-refractivity contribution in [3.63, 3.8) is 0 Å². The quantitative estimate of drug-likeness (QED) is 0.147. The number of carbonyl (C=O) groups excluding carboxylic acids is 2. The van der Waals surface area contributed by atoms with Gasteiger partial charge < -0.3 is 29.1 Å². The van der Waals surface area contributed by atoms with Crippen LogP contribution in [0.1, 0.15) is 17.1 Å². The van der Waals surface area contributed by atoms with Crippen molar-refractivity contribution in [1.29, 1.82) is 0 Å². The molecule has 0 N–H and O–H groups in total. The minimum absolute atomic E-state index is 0.0128. The molecule has 19 heteroatoms. The normalized spacial score (nSPS) is 14.4. The number of benzene rings is 2. The highest BCUT2D eigenvalue weighted by atomic mass is 127. The minimum Gasteiger partial charge on any atom is -0.495 e. The van der Waals surface area contributed by atoms with Crippen molar-refractivity contribution in [3.8, 4) is 17.3 Å². The molecule has 0 radical (unpaired) electrons. The second kappa shape index (κ2) is 18.8. The van der Waals surface area contributed by atoms with Crippen molar-refractivity contribution >= 4 is 92.2 Å². The number of aromatic nitrogens is 6. The molecule has 7 rings (SSSR count). The molecule has 2 aromatic carbocycles. The Balaban J connectivity index is 0.000000196. The van der Waals surface area contributed by atoms with E-state index in [1.165, 1.54) is 0 Å². The average Bonchev–Trinajstić information content (AvgIpc) is 3.85. The number of aryl methyl sites for hydroxylation is 1. The van der Waals surface area contributed by atoms with Crippen LogP contribution in [0.4, 0.5) is 11.4 Å². The van der Waals surface area contributed by atoms with Gasteiger partial charge in [0.25, 0.3) is 0 Å². The van der Waals surface area contributed by atoms with Gasteiger partial charge in [0.1, 0.15) is 33.3 Å². The molecule has 0 spiro atoms. The largest absolute Gasteiger partial charge is 0.495 e. The van der Waals surface area contributed by atoms with Gasteiger partial charge in [0.15, 0.2) is 5.82 Å². The second-order valence-corrected chi connectivity index (χ2v) is 16.1. The van der Waals surface area contributed by atoms with E-state index in [0.717, 1.165) is 58.3 Å². The van der Waals surface area contributed by atoms with E-state index in [1.54, 1.807) is 34.5 Å². The van der Waals surface area contributed by atoms with E-state index in [0.29, 0.717) is 63.6 Å². The lowest BCUT2D eigenvalue weighted by atomic mass is 10.2. The molecule has 2 aliphatic heterocycles. The SMILES string of the molecule is COc1cc(N2CCN(C(=O)Cn3nc(-n4ccc(C)n4)c(Cl)c3C)CC2)ccc1Cl.COc1cc(N2CCN(C(=O)Cn3nc(I)c(Cl)c3C)CC2)ccc1Cl. The molecule has 2 amide bonds. The summed E-state index contributed by atoms with van der Waals surface area (Å²) in [5.41, 5.74) is 4.50. The Morgan fingerprint density at radius 2 is 1.11 bits per heavy atom. The highest BCUT2D eigenvalue weighted by Gasteiger charge is 2.26. The van der Waals surface area contributed by atoms with E-state index in [9.17, 15) is 9.59 Å². The summed E-state index contributed by atoms with van der Waals surface area (Å²) in [7, 11) is 3.20. The van der Waals surface area contributed by atoms with Crippen molar-refractivity contribution in [1.82, 2.24) is 39.1 Å². The predicted octanol–water partition coefficient (Wildman–Crippen LogP) is 6.81. The van der Waals surface area contributed by atoms with Gasteiger partial charge in [0, 0.05) is 82.1 Å². The number of amides is 2. The predicted molar refractivity (Wildman–Crippen MR) is 232 cm³/mol. The van der Waals surface area contributed by atoms with Crippen LogP contribution in [0.5, 0.6) is 11.5 Å². The molecule has 5 aromatic rings. The van der Waals surface area contributed by atoms with Crippen molar-refractivity contribution < 1.29 is 19.1 Å². The Morgan fingerprint density at radius 3 is 1.51 bits per heavy atom. The molecule has 0 aliphatic carbocycles. The summed E-state index contributed by atoms with van der Waals surface area (Å²) in [6, 6.07) is 13.3. The standard InChI is InChI=1S/C21H24Cl2N6O2.C17H19Cl2IN4O2/c1-14-6-7-28(24-14)21-20(23)15(2)29(25-21)13-19(30)27-10-8-26(9-11-27)16-4-5-17(22)18(12-16)31-3;1-11-16(19)17(20)21-24(11)10-15(25)23-7-5-22(6-8-23)12-3-4-13(18)14(9-12)26-2/h4-7,12H,8-11,13H2,1-3H3;3-4,9H,5-8,10H2,1-2H3. The average molecular weight is 973 g/mol. The number of hydrogen-bond donors (Lipinski definition) is 0. The molecular weight excluding hydrogens is 929 g/mol. The monoisotopic (exact) mass is 970 g/mol. The fourth-order valence-electron chi connectivity index (χ4n) is 6.56. The van der Waals surface area contributed by atoms with Crippen LogP contribution in [0, 0.1) is 24.5 Å². The van der Waals surface area contributed by atoms with Crippen molar-refractivity contribution in [3.05, 3.63) is 89.5 Å². The van der Waals surface area contributed by atoms with Crippen LogP contribution in [-0.2, 0) is 22.7 Å². The van der Waals surface area contributed by atoms with Crippen LogP contribution in [0.15, 0.2) is 48.7 Å². The number of nitrogens with zero attached hydrogens (tertiary/aromatic N) is 10. The third-order valence-electron chi connectivity index (χ3n) is 9.98. The van der Waals surface area contributed by atoms with E-state index in [-0.39, 0.29) is 24.9 Å². The van der Waals surface area contributed by atoms with Gasteiger partial charge in [0.05, 0.1) is 46.4 Å². The second-order valence-electron chi connectivity index (χ2n) is 13.5. The molecule has 304 valence electrons. The van der Waals surface area contributed by atoms with Gasteiger partial charge in [-0.1, -0.05) is 46.4 Å². The van der Waals surface area contributed by atoms with Gasteiger partial charge in [-0.3, -0.25) is 19.0 Å². The summed E-state index contributed by atoms with van der Waals surface area (Å²) in [6.07, 6.45) is 1.81. The van der Waals surface area contributed by atoms with Gasteiger partial charge in [-0.2, -0.15) is 15.3 Å². The Labute approximate surface area is 365 Å². The fraction of sp³-hybridized carbons (Fsp3) is 0.395. The summed E-state index contributed by atoms with van der Waals surface area (Å²) >= 11 is 26.9. The van der Waals surface area contributed by atoms with Crippen LogP contribution in [0.3, 0.4) is 0 Å². The molecule has 3 aromatic heterocycles. The van der Waals surface area contributed by atoms with Crippen molar-refractivity contribution in [2.24, 2.45) is 0 Å². The van der Waals surface area contributed by atoms with E-state index < -0.39 is 0 Å². The van der Waals surface area contributed by atoms with Gasteiger partial charge in [-0.05, 0) is 73.7 Å². The topological polar surface area (TPSA) is 119 Å². The number of rotatable bonds is 9. The zero-order valence-electron chi connectivity index (χ0n) is 32.2. The first kappa shape index (κ1) is 42.7. The number of methoxy groups -OCH3 is 2. The molecule has 57 heavy (non-hydrogen) atoms. The van der Waals surface area contributed by atoms with Gasteiger partial charge in [-0.15, -0.1) is 0 Å². The molecule has 2 fully saturated rings. The number of carbonyl (C=O) groups is 2. The van der Waals surface area contributed by atoms with E-state index in [2.05, 4.69) is 47.7 Å². The van der Waals surface area contributed by atoms with Crippen LogP contribution < -0.4 is 19.3 Å². The lowest BCUT2D eigenvalue weighted by Crippen LogP contribution is -2.49. The van der Waals surface area contributed by atoms with Crippen LogP contribution in [-0.4, -0.2) is 118 Å². The first-order valence-corrected chi connectivity index (χ1v) is 20.7. The summed E-state index contributed by atoms with van der Waals surface area (Å²) < 4.78 is 16.3. The molecule has 0 saturated carbocycles. The summed E-state index contributed by atoms with van der Waals surface area (Å²) in [4.78, 5) is 33.7. The lowest BCUT2D eigenvalue weighted by Gasteiger charge is -2.36. The zero-order valence-corrected chi connectivity index (χ0v) is 37.4. The number of anilines is 2. The third-order valence-corrected chi connectivity index (χ3v) is 12.6. The van der Waals surface area contributed by atoms with E-state index >= 15 is 0 Å². The van der Waals surface area contributed by atoms with Crippen LogP contribution in [0.25, 0.3) is 5.82 Å². The maximum absolute atomic E-state index is 12.9. The third kappa shape index (κ3) is 9.87. The molecule has 2 saturated heterocycles. The fourth-order valence-corrected chi connectivity index (χ4v) is 7.96. The first-order valence-electron chi connectivity index (χ1n) is 18.1. The van der Waals surface area contributed by atoms with Crippen molar-refractivity contribution in [2.45, 2.75) is 33.9 Å². The van der Waals surface area contributed by atoms with Crippen LogP contribution >= 0.6 is 69.0 Å². The zero-order chi connectivity index (χ0) is 41.0. The van der Waals surface area contributed by atoms with Crippen LogP contribution in [0.2, 0.25) is 20.1 Å². The number of ether oxygens (including phenoxy) is 2. The molecule has 0 bridgehead atoms. The highest BCUT2D eigenvalue weighted by Crippen LogP contribution is 2.31. The van der Waals surface area contributed by atoms with Gasteiger partial charge >= 0.3 is 0 Å². The number of hydrogen-bond acceptors (Lipinski definition) is 9. The number of halogens is 5. The maximum Gasteiger partial charge on any atom is 0.244 e. The molecular formula is C38H43Cl4IN10O4. The Bertz CT molecular complexity index is 2230. The molecule has 0 unspecified atom stereocenters. The van der Waals surface area contributed by atoms with Crippen molar-refractivity contribution in [2.75, 3.05) is 76.4 Å². The molecule has 5 heterocycles. The number of piperazine rings is 2. The summed E-state index contributed by atoms with van der Waals surface area (Å²) in [5.74, 6) is 1.90. The maximum atomic E-state index is 12.9. The Hall–Kier alpha value is -3.90. The molecule has 0 atom stereocenters. The smallest absolute Gasteiger partial charge is 0.244 e. The molecule has 14 nitrogen and oxygen atoms in total.